The normalized spacial score (nSPS) is 14.1. The summed E-state index contributed by atoms with van der Waals surface area (Å²) in [5.41, 5.74) is 3.48. The number of ether oxygens (including phenoxy) is 2. The molecule has 0 bridgehead atoms. The van der Waals surface area contributed by atoms with Crippen LogP contribution < -0.4 is 9.47 Å². The van der Waals surface area contributed by atoms with Gasteiger partial charge in [0, 0.05) is 28.7 Å². The smallest absolute Gasteiger partial charge is 0.181 e. The molecule has 0 saturated heterocycles. The Morgan fingerprint density at radius 2 is 1.17 bits per heavy atom. The Morgan fingerprint density at radius 1 is 0.571 bits per heavy atom. The van der Waals surface area contributed by atoms with Crippen LogP contribution >= 0.6 is 0 Å². The number of aromatic nitrogens is 6. The van der Waals surface area contributed by atoms with E-state index in [4.69, 9.17) is 19.4 Å². The fourth-order valence-corrected chi connectivity index (χ4v) is 4.71. The van der Waals surface area contributed by atoms with E-state index in [1.807, 2.05) is 115 Å². The van der Waals surface area contributed by atoms with Crippen LogP contribution in [0.4, 0.5) is 0 Å². The van der Waals surface area contributed by atoms with Gasteiger partial charge in [0.1, 0.15) is 23.4 Å². The van der Waals surface area contributed by atoms with Crippen molar-refractivity contribution in [3.05, 3.63) is 127 Å². The third-order valence-corrected chi connectivity index (χ3v) is 6.77. The average Bonchev–Trinajstić information content (AvgIpc) is 3.74. The fraction of sp³-hybridized carbons (Fsp3) is 0.0588. The molecule has 0 saturated carbocycles. The van der Waals surface area contributed by atoms with Crippen LogP contribution in [-0.2, 0) is 0 Å². The van der Waals surface area contributed by atoms with Gasteiger partial charge in [-0.15, -0.1) is 0 Å². The second kappa shape index (κ2) is 11.4. The van der Waals surface area contributed by atoms with Crippen LogP contribution in [-0.4, -0.2) is 36.5 Å². The molecule has 2 heterocycles. The van der Waals surface area contributed by atoms with Gasteiger partial charge in [0.15, 0.2) is 23.3 Å². The minimum Gasteiger partial charge on any atom is -0.486 e. The van der Waals surface area contributed by atoms with Gasteiger partial charge in [0.05, 0.1) is 0 Å². The topological polar surface area (TPSA) is 102 Å². The van der Waals surface area contributed by atoms with Crippen molar-refractivity contribution in [2.45, 2.75) is 12.5 Å². The molecule has 0 aliphatic heterocycles. The summed E-state index contributed by atoms with van der Waals surface area (Å²) in [6.45, 7) is 0. The number of nitrogens with one attached hydrogen (secondary N) is 2. The predicted molar refractivity (Wildman–Crippen MR) is 162 cm³/mol. The van der Waals surface area contributed by atoms with Crippen molar-refractivity contribution in [1.82, 2.24) is 30.4 Å². The van der Waals surface area contributed by atoms with E-state index in [2.05, 4.69) is 32.5 Å². The van der Waals surface area contributed by atoms with E-state index in [1.54, 1.807) is 0 Å². The fourth-order valence-electron chi connectivity index (χ4n) is 4.71. The lowest BCUT2D eigenvalue weighted by atomic mass is 10.1. The highest BCUT2D eigenvalue weighted by atomic mass is 16.5. The van der Waals surface area contributed by atoms with Crippen molar-refractivity contribution in [2.75, 3.05) is 0 Å². The minimum atomic E-state index is 0.0287. The first-order valence-electron chi connectivity index (χ1n) is 13.7. The van der Waals surface area contributed by atoms with Crippen molar-refractivity contribution in [3.8, 4) is 62.8 Å². The minimum absolute atomic E-state index is 0.0287. The van der Waals surface area contributed by atoms with Gasteiger partial charge < -0.3 is 9.47 Å². The summed E-state index contributed by atoms with van der Waals surface area (Å²) in [5.74, 6) is 4.76. The van der Waals surface area contributed by atoms with E-state index < -0.39 is 0 Å². The molecule has 8 nitrogen and oxygen atoms in total. The highest BCUT2D eigenvalue weighted by molar-refractivity contribution is 5.69. The van der Waals surface area contributed by atoms with Crippen LogP contribution in [0.2, 0.25) is 0 Å². The Bertz CT molecular complexity index is 1890. The largest absolute Gasteiger partial charge is 0.486 e. The second-order valence-electron chi connectivity index (χ2n) is 9.77. The Kier molecular flexibility index (Phi) is 6.84. The maximum absolute atomic E-state index is 6.12. The number of H-pyrrole nitrogens is 2. The molecule has 0 spiro atoms. The molecule has 6 aromatic rings. The molecule has 1 aliphatic rings. The summed E-state index contributed by atoms with van der Waals surface area (Å²) in [6, 6.07) is 33.2. The molecule has 7 rings (SSSR count). The molecule has 42 heavy (non-hydrogen) atoms. The Hall–Kier alpha value is -5.76. The summed E-state index contributed by atoms with van der Waals surface area (Å²) in [6.07, 6.45) is 9.08. The molecule has 204 valence electrons. The van der Waals surface area contributed by atoms with E-state index in [0.29, 0.717) is 23.3 Å². The monoisotopic (exact) mass is 550 g/mol. The highest BCUT2D eigenvalue weighted by Crippen LogP contribution is 2.29. The molecule has 8 heteroatoms. The Labute approximate surface area is 242 Å². The number of benzene rings is 4. The molecular weight excluding hydrogens is 524 g/mol. The molecule has 1 atom stereocenters. The van der Waals surface area contributed by atoms with Crippen LogP contribution in [0.15, 0.2) is 127 Å². The molecule has 1 unspecified atom stereocenters. The summed E-state index contributed by atoms with van der Waals surface area (Å²) in [5, 5.41) is 15.1. The molecule has 2 N–H and O–H groups in total. The molecule has 0 amide bonds. The zero-order valence-corrected chi connectivity index (χ0v) is 22.5. The van der Waals surface area contributed by atoms with Crippen molar-refractivity contribution >= 4 is 0 Å². The van der Waals surface area contributed by atoms with Gasteiger partial charge in [0.25, 0.3) is 0 Å². The molecular formula is C34H26N6O2. The van der Waals surface area contributed by atoms with Crippen LogP contribution in [0.1, 0.15) is 6.42 Å². The molecule has 0 fully saturated rings. The first kappa shape index (κ1) is 25.2. The third kappa shape index (κ3) is 5.59. The van der Waals surface area contributed by atoms with Crippen LogP contribution in [0.25, 0.3) is 45.6 Å². The van der Waals surface area contributed by atoms with Crippen LogP contribution in [0.5, 0.6) is 17.2 Å². The number of allylic oxidation sites excluding steroid dienone is 2. The highest BCUT2D eigenvalue weighted by Gasteiger charge is 2.14. The average molecular weight is 551 g/mol. The van der Waals surface area contributed by atoms with Gasteiger partial charge in [-0.3, -0.25) is 10.2 Å². The van der Waals surface area contributed by atoms with E-state index >= 15 is 0 Å². The lowest BCUT2D eigenvalue weighted by molar-refractivity contribution is 0.252. The summed E-state index contributed by atoms with van der Waals surface area (Å²) >= 11 is 0. The standard InChI is InChI=1S/C34H26N6O2/c1-3-14-27(15-4-1)41-29-18-8-12-25(21-29)33-35-31(37-39-33)23-10-7-11-24(20-23)32-36-34(40-38-32)26-13-9-19-30(22-26)42-28-16-5-2-6-17-28/h1-16,18-22,28H,17H2,(H,35,37,39)(H,36,38,40). The van der Waals surface area contributed by atoms with Crippen molar-refractivity contribution in [3.63, 3.8) is 0 Å². The van der Waals surface area contributed by atoms with E-state index in [9.17, 15) is 0 Å². The number of para-hydroxylation sites is 1. The first-order valence-corrected chi connectivity index (χ1v) is 13.7. The molecule has 4 aromatic carbocycles. The SMILES string of the molecule is C1=CCC(Oc2cccc(-c3nc(-c4cccc(-c5n[nH]c(-c6cccc(Oc7ccccc7)c6)n5)c4)n[nH]3)c2)C=C1. The van der Waals surface area contributed by atoms with Gasteiger partial charge in [-0.05, 0) is 48.5 Å². The van der Waals surface area contributed by atoms with E-state index in [0.717, 1.165) is 45.9 Å². The van der Waals surface area contributed by atoms with Gasteiger partial charge in [-0.1, -0.05) is 78.9 Å². The quantitative estimate of drug-likeness (QED) is 0.202. The Balaban J connectivity index is 1.09. The number of hydrogen-bond acceptors (Lipinski definition) is 6. The van der Waals surface area contributed by atoms with E-state index in [1.165, 1.54) is 0 Å². The zero-order valence-electron chi connectivity index (χ0n) is 22.5. The Morgan fingerprint density at radius 3 is 1.83 bits per heavy atom. The maximum Gasteiger partial charge on any atom is 0.181 e. The number of rotatable bonds is 8. The first-order chi connectivity index (χ1) is 20.8. The van der Waals surface area contributed by atoms with Gasteiger partial charge in [-0.2, -0.15) is 10.2 Å². The summed E-state index contributed by atoms with van der Waals surface area (Å²) in [4.78, 5) is 9.51. The van der Waals surface area contributed by atoms with Crippen LogP contribution in [0, 0.1) is 0 Å². The third-order valence-electron chi connectivity index (χ3n) is 6.77. The van der Waals surface area contributed by atoms with Crippen LogP contribution in [0.3, 0.4) is 0 Å². The maximum atomic E-state index is 6.12. The lowest BCUT2D eigenvalue weighted by Gasteiger charge is -2.16. The van der Waals surface area contributed by atoms with Crippen molar-refractivity contribution < 1.29 is 9.47 Å². The predicted octanol–water partition coefficient (Wildman–Crippen LogP) is 7.65. The van der Waals surface area contributed by atoms with Crippen molar-refractivity contribution in [1.29, 1.82) is 0 Å². The lowest BCUT2D eigenvalue weighted by Crippen LogP contribution is -2.13. The molecule has 1 aliphatic carbocycles. The number of nitrogens with zero attached hydrogens (tertiary/aromatic N) is 4. The molecule has 2 aromatic heterocycles. The van der Waals surface area contributed by atoms with Gasteiger partial charge in [-0.25, -0.2) is 9.97 Å². The van der Waals surface area contributed by atoms with E-state index in [-0.39, 0.29) is 6.10 Å². The van der Waals surface area contributed by atoms with Crippen molar-refractivity contribution in [2.24, 2.45) is 0 Å². The molecule has 0 radical (unpaired) electrons. The summed E-state index contributed by atoms with van der Waals surface area (Å²) < 4.78 is 12.1. The summed E-state index contributed by atoms with van der Waals surface area (Å²) in [7, 11) is 0. The second-order valence-corrected chi connectivity index (χ2v) is 9.77. The number of aromatic amines is 2. The number of hydrogen-bond donors (Lipinski definition) is 2. The van der Waals surface area contributed by atoms with Gasteiger partial charge >= 0.3 is 0 Å². The zero-order chi connectivity index (χ0) is 28.1. The van der Waals surface area contributed by atoms with Gasteiger partial charge in [0.2, 0.25) is 0 Å².